The third kappa shape index (κ3) is 4.12. The minimum absolute atomic E-state index is 0.00756. The van der Waals surface area contributed by atoms with E-state index < -0.39 is 6.17 Å². The van der Waals surface area contributed by atoms with Crippen molar-refractivity contribution in [3.63, 3.8) is 0 Å². The molecule has 2 saturated carbocycles. The lowest BCUT2D eigenvalue weighted by atomic mass is 9.77. The van der Waals surface area contributed by atoms with Gasteiger partial charge in [0.05, 0.1) is 6.04 Å². The lowest BCUT2D eigenvalue weighted by Gasteiger charge is -2.37. The van der Waals surface area contributed by atoms with E-state index in [1.165, 1.54) is 6.42 Å². The lowest BCUT2D eigenvalue weighted by Crippen LogP contribution is -2.51. The Hall–Kier alpha value is -1.21. The van der Waals surface area contributed by atoms with Crippen LogP contribution in [0.25, 0.3) is 0 Å². The molecule has 174 valence electrons. The van der Waals surface area contributed by atoms with Crippen molar-refractivity contribution < 1.29 is 14.0 Å². The number of nitrogens with one attached hydrogen (secondary N) is 2. The number of hydrogen-bond acceptors (Lipinski definition) is 4. The molecule has 3 aliphatic heterocycles. The van der Waals surface area contributed by atoms with Crippen molar-refractivity contribution in [1.29, 1.82) is 0 Å². The minimum atomic E-state index is -0.769. The van der Waals surface area contributed by atoms with Crippen LogP contribution in [0.1, 0.15) is 65.2 Å². The molecular formula is C24H39FN4O2. The van der Waals surface area contributed by atoms with E-state index >= 15 is 0 Å². The first-order valence-electron chi connectivity index (χ1n) is 12.6. The number of alkyl halides is 1. The molecule has 3 heterocycles. The zero-order chi connectivity index (χ0) is 21.7. The largest absolute Gasteiger partial charge is 0.352 e. The maximum Gasteiger partial charge on any atom is 0.237 e. The second-order valence-electron chi connectivity index (χ2n) is 11.0. The van der Waals surface area contributed by atoms with E-state index in [9.17, 15) is 14.0 Å². The average Bonchev–Trinajstić information content (AvgIpc) is 3.44. The number of carbonyl (C=O) groups excluding carboxylic acids is 2. The number of fused-ring (bicyclic) bond motifs is 2. The molecule has 0 aromatic rings. The number of halogens is 1. The van der Waals surface area contributed by atoms with Gasteiger partial charge < -0.3 is 15.5 Å². The first-order valence-corrected chi connectivity index (χ1v) is 12.6. The van der Waals surface area contributed by atoms with E-state index in [4.69, 9.17) is 0 Å². The average molecular weight is 435 g/mol. The molecule has 0 radical (unpaired) electrons. The molecule has 6 nitrogen and oxygen atoms in total. The van der Waals surface area contributed by atoms with Crippen molar-refractivity contribution in [3.05, 3.63) is 0 Å². The standard InChI is InChI=1S/C24H39FN4O2/c1-14-6-7-20(25)19-11-21(27-23(14)19)24(31)26-17-4-3-5-18(10-17)28-12-16-8-9-29(15(2)30)22(16)13-28/h14,16-23,27H,3-13H2,1-2H3,(H,26,31)/t14?,16-,17-,18+,19?,20?,21?,22+,23?/m1/s1. The molecule has 5 aliphatic rings. The topological polar surface area (TPSA) is 64.7 Å². The van der Waals surface area contributed by atoms with E-state index in [1.807, 2.05) is 0 Å². The minimum Gasteiger partial charge on any atom is -0.352 e. The molecule has 0 spiro atoms. The van der Waals surface area contributed by atoms with Gasteiger partial charge in [0.15, 0.2) is 0 Å². The van der Waals surface area contributed by atoms with Crippen molar-refractivity contribution in [3.8, 4) is 0 Å². The van der Waals surface area contributed by atoms with Crippen LogP contribution < -0.4 is 10.6 Å². The zero-order valence-electron chi connectivity index (χ0n) is 19.1. The normalized spacial score (nSPS) is 45.4. The van der Waals surface area contributed by atoms with Crippen molar-refractivity contribution in [2.24, 2.45) is 17.8 Å². The monoisotopic (exact) mass is 434 g/mol. The molecule has 0 bridgehead atoms. The summed E-state index contributed by atoms with van der Waals surface area (Å²) in [5.74, 6) is 1.32. The van der Waals surface area contributed by atoms with Crippen LogP contribution in [0.4, 0.5) is 4.39 Å². The van der Waals surface area contributed by atoms with E-state index in [-0.39, 0.29) is 35.9 Å². The molecule has 2 N–H and O–H groups in total. The molecule has 5 fully saturated rings. The highest BCUT2D eigenvalue weighted by Crippen LogP contribution is 2.39. The van der Waals surface area contributed by atoms with Gasteiger partial charge in [0.25, 0.3) is 0 Å². The predicted molar refractivity (Wildman–Crippen MR) is 117 cm³/mol. The summed E-state index contributed by atoms with van der Waals surface area (Å²) in [6.45, 7) is 6.86. The Morgan fingerprint density at radius 2 is 1.90 bits per heavy atom. The number of nitrogens with zero attached hydrogens (tertiary/aromatic N) is 2. The van der Waals surface area contributed by atoms with Gasteiger partial charge in [0.2, 0.25) is 11.8 Å². The Morgan fingerprint density at radius 3 is 2.68 bits per heavy atom. The van der Waals surface area contributed by atoms with E-state index in [2.05, 4.69) is 27.4 Å². The van der Waals surface area contributed by atoms with Crippen LogP contribution in [0, 0.1) is 17.8 Å². The molecule has 31 heavy (non-hydrogen) atoms. The maximum atomic E-state index is 14.4. The van der Waals surface area contributed by atoms with Gasteiger partial charge >= 0.3 is 0 Å². The molecule has 2 amide bonds. The fraction of sp³-hybridized carbons (Fsp3) is 0.917. The summed E-state index contributed by atoms with van der Waals surface area (Å²) in [5, 5.41) is 6.79. The fourth-order valence-electron chi connectivity index (χ4n) is 7.41. The van der Waals surface area contributed by atoms with E-state index in [0.29, 0.717) is 36.8 Å². The Labute approximate surface area is 185 Å². The van der Waals surface area contributed by atoms with Crippen LogP contribution >= 0.6 is 0 Å². The molecule has 0 aromatic heterocycles. The molecule has 5 unspecified atom stereocenters. The van der Waals surface area contributed by atoms with Gasteiger partial charge in [-0.1, -0.05) is 6.92 Å². The van der Waals surface area contributed by atoms with Crippen molar-refractivity contribution in [1.82, 2.24) is 20.4 Å². The molecule has 5 rings (SSSR count). The second kappa shape index (κ2) is 8.62. The third-order valence-corrected chi connectivity index (χ3v) is 9.14. The lowest BCUT2D eigenvalue weighted by molar-refractivity contribution is -0.129. The highest BCUT2D eigenvalue weighted by atomic mass is 19.1. The quantitative estimate of drug-likeness (QED) is 0.714. The number of rotatable bonds is 3. The van der Waals surface area contributed by atoms with Gasteiger partial charge in [0.1, 0.15) is 6.17 Å². The predicted octanol–water partition coefficient (Wildman–Crippen LogP) is 2.08. The first kappa shape index (κ1) is 21.6. The van der Waals surface area contributed by atoms with Crippen LogP contribution in [0.5, 0.6) is 0 Å². The number of hydrogen-bond donors (Lipinski definition) is 2. The van der Waals surface area contributed by atoms with Crippen LogP contribution in [-0.2, 0) is 9.59 Å². The van der Waals surface area contributed by atoms with Crippen molar-refractivity contribution >= 4 is 11.8 Å². The van der Waals surface area contributed by atoms with Crippen LogP contribution in [-0.4, -0.2) is 77.6 Å². The Kier molecular flexibility index (Phi) is 6.01. The van der Waals surface area contributed by atoms with Gasteiger partial charge in [-0.25, -0.2) is 4.39 Å². The van der Waals surface area contributed by atoms with Crippen molar-refractivity contribution in [2.75, 3.05) is 19.6 Å². The first-order chi connectivity index (χ1) is 14.9. The van der Waals surface area contributed by atoms with Gasteiger partial charge in [-0.05, 0) is 63.2 Å². The summed E-state index contributed by atoms with van der Waals surface area (Å²) in [5.41, 5.74) is 0. The van der Waals surface area contributed by atoms with Crippen LogP contribution in [0.2, 0.25) is 0 Å². The van der Waals surface area contributed by atoms with Crippen LogP contribution in [0.3, 0.4) is 0 Å². The second-order valence-corrected chi connectivity index (χ2v) is 11.0. The Bertz CT molecular complexity index is 687. The highest BCUT2D eigenvalue weighted by Gasteiger charge is 2.47. The fourth-order valence-corrected chi connectivity index (χ4v) is 7.41. The van der Waals surface area contributed by atoms with Gasteiger partial charge in [-0.15, -0.1) is 0 Å². The summed E-state index contributed by atoms with van der Waals surface area (Å²) in [6, 6.07) is 0.983. The van der Waals surface area contributed by atoms with E-state index in [0.717, 1.165) is 51.7 Å². The number of amides is 2. The Morgan fingerprint density at radius 1 is 1.06 bits per heavy atom. The van der Waals surface area contributed by atoms with E-state index in [1.54, 1.807) is 6.92 Å². The zero-order valence-corrected chi connectivity index (χ0v) is 19.1. The third-order valence-electron chi connectivity index (χ3n) is 9.14. The SMILES string of the molecule is CC(=O)N1CC[C@@H]2CN([C@H]3CCC[C@@H](NC(=O)C4CC5C(F)CCC(C)C5N4)C3)C[C@@H]21. The number of carbonyl (C=O) groups is 2. The molecule has 7 heteroatoms. The van der Waals surface area contributed by atoms with Crippen LogP contribution in [0.15, 0.2) is 0 Å². The molecular weight excluding hydrogens is 395 g/mol. The van der Waals surface area contributed by atoms with Crippen molar-refractivity contribution in [2.45, 2.75) is 102 Å². The molecule has 9 atom stereocenters. The summed E-state index contributed by atoms with van der Waals surface area (Å²) in [4.78, 5) is 29.6. The summed E-state index contributed by atoms with van der Waals surface area (Å²) < 4.78 is 14.4. The number of likely N-dealkylation sites (tertiary alicyclic amines) is 2. The smallest absolute Gasteiger partial charge is 0.237 e. The van der Waals surface area contributed by atoms with Gasteiger partial charge in [-0.2, -0.15) is 0 Å². The summed E-state index contributed by atoms with van der Waals surface area (Å²) in [7, 11) is 0. The van der Waals surface area contributed by atoms with Gasteiger partial charge in [-0.3, -0.25) is 14.5 Å². The van der Waals surface area contributed by atoms with Gasteiger partial charge in [0, 0.05) is 56.6 Å². The summed E-state index contributed by atoms with van der Waals surface area (Å²) in [6.07, 6.45) is 6.87. The summed E-state index contributed by atoms with van der Waals surface area (Å²) >= 11 is 0. The molecule has 0 aromatic carbocycles. The molecule has 2 aliphatic carbocycles. The highest BCUT2D eigenvalue weighted by molar-refractivity contribution is 5.82. The molecule has 3 saturated heterocycles. The Balaban J connectivity index is 1.15. The maximum absolute atomic E-state index is 14.4.